The minimum atomic E-state index is -4.40. The Labute approximate surface area is 196 Å². The number of hydrogen-bond donors (Lipinski definition) is 1. The first-order valence-corrected chi connectivity index (χ1v) is 11.3. The standard InChI is InChI=1S/C23H20F3N7S/c1-13-18(14(2)32(3)31-13)20-29-21(27-10-15-5-4-6-16(9-15)23(24,25)26)19-22(30-20)33(12-28-19)17-7-8-34-11-17/h4-9,11-12H,10H2,1-3H3,(H,27,29,30). The summed E-state index contributed by atoms with van der Waals surface area (Å²) in [6.45, 7) is 3.97. The van der Waals surface area contributed by atoms with E-state index in [1.807, 2.05) is 42.3 Å². The van der Waals surface area contributed by atoms with Gasteiger partial charge in [0.05, 0.1) is 22.5 Å². The Hall–Kier alpha value is -3.73. The first kappa shape index (κ1) is 22.1. The predicted octanol–water partition coefficient (Wildman–Crippen LogP) is 5.53. The van der Waals surface area contributed by atoms with Crippen LogP contribution in [0.25, 0.3) is 28.2 Å². The second-order valence-corrected chi connectivity index (χ2v) is 8.67. The van der Waals surface area contributed by atoms with E-state index in [1.165, 1.54) is 6.07 Å². The number of halogens is 3. The van der Waals surface area contributed by atoms with Gasteiger partial charge in [0.2, 0.25) is 0 Å². The molecule has 5 aromatic rings. The lowest BCUT2D eigenvalue weighted by Gasteiger charge is -2.12. The highest BCUT2D eigenvalue weighted by Gasteiger charge is 2.30. The fourth-order valence-electron chi connectivity index (χ4n) is 3.86. The van der Waals surface area contributed by atoms with E-state index in [0.717, 1.165) is 34.8 Å². The Balaban J connectivity index is 1.61. The molecule has 0 fully saturated rings. The monoisotopic (exact) mass is 483 g/mol. The lowest BCUT2D eigenvalue weighted by molar-refractivity contribution is -0.137. The number of nitrogens with one attached hydrogen (secondary N) is 1. The second-order valence-electron chi connectivity index (χ2n) is 7.89. The fourth-order valence-corrected chi connectivity index (χ4v) is 4.49. The van der Waals surface area contributed by atoms with Gasteiger partial charge in [-0.15, -0.1) is 0 Å². The third kappa shape index (κ3) is 3.92. The number of aromatic nitrogens is 6. The Morgan fingerprint density at radius 3 is 2.62 bits per heavy atom. The topological polar surface area (TPSA) is 73.5 Å². The van der Waals surface area contributed by atoms with Gasteiger partial charge in [-0.2, -0.15) is 29.6 Å². The summed E-state index contributed by atoms with van der Waals surface area (Å²) in [7, 11) is 1.85. The summed E-state index contributed by atoms with van der Waals surface area (Å²) in [6, 6.07) is 7.19. The lowest BCUT2D eigenvalue weighted by atomic mass is 10.1. The molecule has 0 aliphatic carbocycles. The van der Waals surface area contributed by atoms with E-state index < -0.39 is 11.7 Å². The molecule has 1 aromatic carbocycles. The summed E-state index contributed by atoms with van der Waals surface area (Å²) in [5.74, 6) is 0.910. The Morgan fingerprint density at radius 2 is 1.94 bits per heavy atom. The normalized spacial score (nSPS) is 11.9. The number of imidazole rings is 1. The van der Waals surface area contributed by atoms with E-state index in [1.54, 1.807) is 28.4 Å². The summed E-state index contributed by atoms with van der Waals surface area (Å²) in [4.78, 5) is 14.0. The molecular weight excluding hydrogens is 463 g/mol. The molecule has 0 saturated carbocycles. The molecule has 5 rings (SSSR count). The Bertz CT molecular complexity index is 1480. The third-order valence-electron chi connectivity index (χ3n) is 5.63. The van der Waals surface area contributed by atoms with Crippen LogP contribution in [0.15, 0.2) is 47.4 Å². The largest absolute Gasteiger partial charge is 0.416 e. The average molecular weight is 484 g/mol. The van der Waals surface area contributed by atoms with Crippen molar-refractivity contribution in [3.05, 3.63) is 69.9 Å². The fraction of sp³-hybridized carbons (Fsp3) is 0.217. The van der Waals surface area contributed by atoms with Crippen LogP contribution >= 0.6 is 11.3 Å². The Morgan fingerprint density at radius 1 is 1.12 bits per heavy atom. The molecule has 0 radical (unpaired) electrons. The van der Waals surface area contributed by atoms with E-state index in [9.17, 15) is 13.2 Å². The van der Waals surface area contributed by atoms with Gasteiger partial charge in [0.15, 0.2) is 22.8 Å². The molecule has 11 heteroatoms. The van der Waals surface area contributed by atoms with Crippen molar-refractivity contribution in [3.63, 3.8) is 0 Å². The van der Waals surface area contributed by atoms with Crippen LogP contribution in [0.1, 0.15) is 22.5 Å². The number of rotatable bonds is 5. The highest BCUT2D eigenvalue weighted by molar-refractivity contribution is 7.08. The van der Waals surface area contributed by atoms with Crippen molar-refractivity contribution in [1.29, 1.82) is 0 Å². The van der Waals surface area contributed by atoms with E-state index >= 15 is 0 Å². The van der Waals surface area contributed by atoms with Crippen molar-refractivity contribution in [2.75, 3.05) is 5.32 Å². The highest BCUT2D eigenvalue weighted by atomic mass is 32.1. The minimum Gasteiger partial charge on any atom is -0.364 e. The van der Waals surface area contributed by atoms with Gasteiger partial charge in [-0.05, 0) is 43.0 Å². The highest BCUT2D eigenvalue weighted by Crippen LogP contribution is 2.31. The molecule has 0 spiro atoms. The third-order valence-corrected chi connectivity index (χ3v) is 6.30. The maximum atomic E-state index is 13.1. The summed E-state index contributed by atoms with van der Waals surface area (Å²) >= 11 is 1.56. The van der Waals surface area contributed by atoms with Crippen molar-refractivity contribution in [3.8, 4) is 17.1 Å². The number of fused-ring (bicyclic) bond motifs is 1. The van der Waals surface area contributed by atoms with Crippen molar-refractivity contribution in [2.45, 2.75) is 26.6 Å². The first-order chi connectivity index (χ1) is 16.2. The van der Waals surface area contributed by atoms with Crippen molar-refractivity contribution in [2.24, 2.45) is 7.05 Å². The number of anilines is 1. The van der Waals surface area contributed by atoms with Crippen molar-refractivity contribution in [1.82, 2.24) is 29.3 Å². The molecule has 34 heavy (non-hydrogen) atoms. The number of aryl methyl sites for hydroxylation is 2. The summed E-state index contributed by atoms with van der Waals surface area (Å²) < 4.78 is 43.0. The van der Waals surface area contributed by atoms with Crippen molar-refractivity contribution >= 4 is 28.3 Å². The Kier molecular flexibility index (Phi) is 5.35. The smallest absolute Gasteiger partial charge is 0.364 e. The van der Waals surface area contributed by atoms with E-state index in [0.29, 0.717) is 28.4 Å². The molecule has 0 saturated heterocycles. The summed E-state index contributed by atoms with van der Waals surface area (Å²) in [5, 5.41) is 11.6. The molecule has 0 atom stereocenters. The molecule has 0 aliphatic rings. The SMILES string of the molecule is Cc1nn(C)c(C)c1-c1nc(NCc2cccc(C(F)(F)F)c2)c2ncn(-c3ccsc3)c2n1. The zero-order valence-electron chi connectivity index (χ0n) is 18.6. The molecule has 0 unspecified atom stereocenters. The minimum absolute atomic E-state index is 0.145. The number of alkyl halides is 3. The number of benzene rings is 1. The van der Waals surface area contributed by atoms with Gasteiger partial charge >= 0.3 is 6.18 Å². The number of thiophene rings is 1. The van der Waals surface area contributed by atoms with Gasteiger partial charge in [0.1, 0.15) is 6.33 Å². The molecule has 0 amide bonds. The molecular formula is C23H20F3N7S. The van der Waals surface area contributed by atoms with Crippen LogP contribution in [-0.2, 0) is 19.8 Å². The van der Waals surface area contributed by atoms with Crippen LogP contribution in [0.5, 0.6) is 0 Å². The zero-order valence-corrected chi connectivity index (χ0v) is 19.4. The van der Waals surface area contributed by atoms with E-state index in [4.69, 9.17) is 9.97 Å². The van der Waals surface area contributed by atoms with Crippen LogP contribution in [-0.4, -0.2) is 29.3 Å². The van der Waals surface area contributed by atoms with Gasteiger partial charge in [-0.25, -0.2) is 15.0 Å². The van der Waals surface area contributed by atoms with Crippen LogP contribution in [0, 0.1) is 13.8 Å². The molecule has 7 nitrogen and oxygen atoms in total. The molecule has 4 aromatic heterocycles. The van der Waals surface area contributed by atoms with Gasteiger partial charge in [-0.1, -0.05) is 12.1 Å². The summed E-state index contributed by atoms with van der Waals surface area (Å²) in [6.07, 6.45) is -2.73. The number of hydrogen-bond acceptors (Lipinski definition) is 6. The van der Waals surface area contributed by atoms with Gasteiger partial charge in [0, 0.05) is 24.7 Å². The molecule has 1 N–H and O–H groups in total. The molecule has 0 aliphatic heterocycles. The molecule has 4 heterocycles. The van der Waals surface area contributed by atoms with Crippen LogP contribution < -0.4 is 5.32 Å². The van der Waals surface area contributed by atoms with Gasteiger partial charge in [-0.3, -0.25) is 9.25 Å². The number of nitrogens with zero attached hydrogens (tertiary/aromatic N) is 6. The van der Waals surface area contributed by atoms with E-state index in [2.05, 4.69) is 15.4 Å². The zero-order chi connectivity index (χ0) is 24.0. The maximum absolute atomic E-state index is 13.1. The van der Waals surface area contributed by atoms with Gasteiger partial charge < -0.3 is 5.32 Å². The van der Waals surface area contributed by atoms with Crippen LogP contribution in [0.2, 0.25) is 0 Å². The molecule has 174 valence electrons. The molecule has 0 bridgehead atoms. The maximum Gasteiger partial charge on any atom is 0.416 e. The second kappa shape index (κ2) is 8.24. The van der Waals surface area contributed by atoms with Crippen molar-refractivity contribution < 1.29 is 13.2 Å². The van der Waals surface area contributed by atoms with Gasteiger partial charge in [0.25, 0.3) is 0 Å². The quantitative estimate of drug-likeness (QED) is 0.356. The van der Waals surface area contributed by atoms with Crippen LogP contribution in [0.3, 0.4) is 0 Å². The predicted molar refractivity (Wildman–Crippen MR) is 125 cm³/mol. The van der Waals surface area contributed by atoms with E-state index in [-0.39, 0.29) is 6.54 Å². The summed E-state index contributed by atoms with van der Waals surface area (Å²) in [5.41, 5.74) is 4.33. The lowest BCUT2D eigenvalue weighted by Crippen LogP contribution is -2.08. The van der Waals surface area contributed by atoms with Crippen LogP contribution in [0.4, 0.5) is 19.0 Å². The average Bonchev–Trinajstić information content (AvgIpc) is 3.51. The first-order valence-electron chi connectivity index (χ1n) is 10.4.